The number of fused-ring (bicyclic) bond motifs is 6. The zero-order chi connectivity index (χ0) is 15.6. The van der Waals surface area contributed by atoms with Crippen molar-refractivity contribution in [2.45, 2.75) is 18.9 Å². The van der Waals surface area contributed by atoms with Gasteiger partial charge in [0, 0.05) is 17.3 Å². The van der Waals surface area contributed by atoms with Crippen LogP contribution < -0.4 is 10.6 Å². The molecule has 2 aromatic carbocycles. The highest BCUT2D eigenvalue weighted by atomic mass is 16.2. The molecular weight excluding hydrogens is 286 g/mol. The molecule has 3 aromatic rings. The molecule has 1 spiro atoms. The summed E-state index contributed by atoms with van der Waals surface area (Å²) >= 11 is 0. The van der Waals surface area contributed by atoms with Gasteiger partial charge in [-0.05, 0) is 36.8 Å². The van der Waals surface area contributed by atoms with Gasteiger partial charge < -0.3 is 15.6 Å². The van der Waals surface area contributed by atoms with Crippen LogP contribution >= 0.6 is 0 Å². The molecule has 2 aliphatic rings. The zero-order valence-corrected chi connectivity index (χ0v) is 12.9. The Morgan fingerprint density at radius 1 is 1.17 bits per heavy atom. The molecule has 0 saturated carbocycles. The van der Waals surface area contributed by atoms with Crippen molar-refractivity contribution in [3.05, 3.63) is 64.8 Å². The van der Waals surface area contributed by atoms with Crippen LogP contribution in [0.15, 0.2) is 42.5 Å². The van der Waals surface area contributed by atoms with E-state index in [1.54, 1.807) is 0 Å². The van der Waals surface area contributed by atoms with Gasteiger partial charge in [-0.15, -0.1) is 0 Å². The van der Waals surface area contributed by atoms with Crippen molar-refractivity contribution in [1.29, 1.82) is 0 Å². The van der Waals surface area contributed by atoms with E-state index in [-0.39, 0.29) is 5.91 Å². The molecule has 0 fully saturated rings. The summed E-state index contributed by atoms with van der Waals surface area (Å²) in [5, 5.41) is 6.50. The number of quaternary nitrogens is 1. The van der Waals surface area contributed by atoms with E-state index in [0.29, 0.717) is 0 Å². The van der Waals surface area contributed by atoms with Crippen molar-refractivity contribution >= 4 is 22.5 Å². The van der Waals surface area contributed by atoms with Crippen molar-refractivity contribution in [2.24, 2.45) is 0 Å². The van der Waals surface area contributed by atoms with Crippen molar-refractivity contribution in [1.82, 2.24) is 4.98 Å². The minimum atomic E-state index is -0.670. The van der Waals surface area contributed by atoms with Gasteiger partial charge in [0.05, 0.1) is 23.5 Å². The molecule has 2 aliphatic heterocycles. The number of nitrogens with one attached hydrogen (secondary N) is 2. The fraction of sp³-hybridized carbons (Fsp3) is 0.211. The molecule has 1 atom stereocenters. The molecule has 1 aromatic heterocycles. The van der Waals surface area contributed by atoms with Crippen LogP contribution in [0.5, 0.6) is 0 Å². The van der Waals surface area contributed by atoms with Gasteiger partial charge in [0.15, 0.2) is 0 Å². The number of nitrogens with two attached hydrogens (primary N) is 1. The molecule has 0 saturated heterocycles. The number of benzene rings is 2. The van der Waals surface area contributed by atoms with Crippen molar-refractivity contribution in [2.75, 3.05) is 11.9 Å². The summed E-state index contributed by atoms with van der Waals surface area (Å²) in [6.45, 7) is 3.02. The third-order valence-electron chi connectivity index (χ3n) is 5.26. The number of aromatic amines is 1. The SMILES string of the molecule is Cc1ccc2[nH]c3c(c2c1)CC[NH2+][C@]31C(=O)Nc2ccccc21. The lowest BCUT2D eigenvalue weighted by Gasteiger charge is -2.29. The van der Waals surface area contributed by atoms with Crippen molar-refractivity contribution in [3.8, 4) is 0 Å². The Hall–Kier alpha value is -2.59. The third-order valence-corrected chi connectivity index (χ3v) is 5.26. The van der Waals surface area contributed by atoms with Gasteiger partial charge in [0.1, 0.15) is 0 Å². The number of anilines is 1. The van der Waals surface area contributed by atoms with E-state index in [1.165, 1.54) is 16.5 Å². The first-order valence-electron chi connectivity index (χ1n) is 8.07. The van der Waals surface area contributed by atoms with E-state index in [1.807, 2.05) is 18.2 Å². The van der Waals surface area contributed by atoms with Gasteiger partial charge in [-0.25, -0.2) is 0 Å². The molecular formula is C19H18N3O+. The molecule has 3 heterocycles. The third kappa shape index (κ3) is 1.51. The van der Waals surface area contributed by atoms with Gasteiger partial charge in [0.2, 0.25) is 5.54 Å². The number of rotatable bonds is 0. The highest BCUT2D eigenvalue weighted by Crippen LogP contribution is 2.42. The largest absolute Gasteiger partial charge is 0.352 e. The van der Waals surface area contributed by atoms with Crippen LogP contribution in [-0.2, 0) is 16.8 Å². The minimum Gasteiger partial charge on any atom is -0.352 e. The lowest BCUT2D eigenvalue weighted by Crippen LogP contribution is -2.98. The summed E-state index contributed by atoms with van der Waals surface area (Å²) < 4.78 is 0. The molecule has 114 valence electrons. The summed E-state index contributed by atoms with van der Waals surface area (Å²) in [4.78, 5) is 16.5. The van der Waals surface area contributed by atoms with Crippen LogP contribution in [0.3, 0.4) is 0 Å². The zero-order valence-electron chi connectivity index (χ0n) is 12.9. The Morgan fingerprint density at radius 2 is 2.04 bits per heavy atom. The number of H-pyrrole nitrogens is 1. The van der Waals surface area contributed by atoms with Crippen LogP contribution in [0, 0.1) is 6.92 Å². The highest BCUT2D eigenvalue weighted by Gasteiger charge is 2.55. The smallest absolute Gasteiger partial charge is 0.297 e. The highest BCUT2D eigenvalue weighted by molar-refractivity contribution is 6.08. The topological polar surface area (TPSA) is 61.5 Å². The van der Waals surface area contributed by atoms with Crippen LogP contribution in [0.4, 0.5) is 5.69 Å². The number of para-hydroxylation sites is 1. The number of carbonyl (C=O) groups is 1. The van der Waals surface area contributed by atoms with Crippen LogP contribution in [0.2, 0.25) is 0 Å². The van der Waals surface area contributed by atoms with Crippen molar-refractivity contribution in [3.63, 3.8) is 0 Å². The molecule has 0 unspecified atom stereocenters. The Kier molecular flexibility index (Phi) is 2.38. The lowest BCUT2D eigenvalue weighted by molar-refractivity contribution is -0.713. The summed E-state index contributed by atoms with van der Waals surface area (Å²) in [7, 11) is 0. The normalized spacial score (nSPS) is 22.2. The number of aryl methyl sites for hydroxylation is 1. The second-order valence-electron chi connectivity index (χ2n) is 6.58. The minimum absolute atomic E-state index is 0.0583. The average Bonchev–Trinajstić information content (AvgIpc) is 3.06. The maximum absolute atomic E-state index is 13.0. The predicted molar refractivity (Wildman–Crippen MR) is 89.4 cm³/mol. The van der Waals surface area contributed by atoms with E-state index in [4.69, 9.17) is 0 Å². The fourth-order valence-corrected chi connectivity index (χ4v) is 4.22. The van der Waals surface area contributed by atoms with Gasteiger partial charge >= 0.3 is 0 Å². The Labute approximate surface area is 133 Å². The van der Waals surface area contributed by atoms with E-state index in [0.717, 1.165) is 35.4 Å². The Bertz CT molecular complexity index is 972. The first-order valence-corrected chi connectivity index (χ1v) is 8.07. The summed E-state index contributed by atoms with van der Waals surface area (Å²) in [6.07, 6.45) is 0.982. The van der Waals surface area contributed by atoms with Gasteiger partial charge in [-0.1, -0.05) is 23.8 Å². The number of aromatic nitrogens is 1. The summed E-state index contributed by atoms with van der Waals surface area (Å²) in [5.74, 6) is 0.0583. The first-order chi connectivity index (χ1) is 11.2. The molecule has 1 amide bonds. The monoisotopic (exact) mass is 304 g/mol. The predicted octanol–water partition coefficient (Wildman–Crippen LogP) is 1.79. The maximum Gasteiger partial charge on any atom is 0.297 e. The summed E-state index contributed by atoms with van der Waals surface area (Å²) in [5.41, 5.74) is 6.03. The quantitative estimate of drug-likeness (QED) is 0.582. The standard InChI is InChI=1S/C19H17N3O/c1-11-6-7-15-13(10-11)12-8-9-20-19(17(12)21-15)14-4-2-3-5-16(14)22-18(19)23/h2-7,10,20-21H,8-9H2,1H3,(H,22,23)/p+1/t19-/m0/s1. The van der Waals surface area contributed by atoms with E-state index >= 15 is 0 Å². The van der Waals surface area contributed by atoms with Gasteiger partial charge in [0.25, 0.3) is 5.91 Å². The number of hydrogen-bond acceptors (Lipinski definition) is 1. The molecule has 0 aliphatic carbocycles. The lowest BCUT2D eigenvalue weighted by atomic mass is 9.82. The number of amides is 1. The molecule has 5 rings (SSSR count). The number of hydrogen-bond donors (Lipinski definition) is 3. The first kappa shape index (κ1) is 12.9. The number of carbonyl (C=O) groups excluding carboxylic acids is 1. The average molecular weight is 304 g/mol. The van der Waals surface area contributed by atoms with E-state index in [2.05, 4.69) is 46.8 Å². The second-order valence-corrected chi connectivity index (χ2v) is 6.58. The Balaban J connectivity index is 1.86. The summed E-state index contributed by atoms with van der Waals surface area (Å²) in [6, 6.07) is 14.5. The second kappa shape index (κ2) is 4.24. The Morgan fingerprint density at radius 3 is 2.96 bits per heavy atom. The van der Waals surface area contributed by atoms with Gasteiger partial charge in [-0.2, -0.15) is 0 Å². The molecule has 4 heteroatoms. The molecule has 4 N–H and O–H groups in total. The molecule has 0 radical (unpaired) electrons. The maximum atomic E-state index is 13.0. The molecule has 0 bridgehead atoms. The van der Waals surface area contributed by atoms with Gasteiger partial charge in [-0.3, -0.25) is 4.79 Å². The van der Waals surface area contributed by atoms with E-state index in [9.17, 15) is 4.79 Å². The van der Waals surface area contributed by atoms with E-state index < -0.39 is 5.54 Å². The fourth-order valence-electron chi connectivity index (χ4n) is 4.22. The molecule has 23 heavy (non-hydrogen) atoms. The van der Waals surface area contributed by atoms with Crippen LogP contribution in [-0.4, -0.2) is 17.4 Å². The molecule has 4 nitrogen and oxygen atoms in total. The van der Waals surface area contributed by atoms with Crippen molar-refractivity contribution < 1.29 is 10.1 Å². The van der Waals surface area contributed by atoms with Crippen LogP contribution in [0.25, 0.3) is 10.9 Å². The van der Waals surface area contributed by atoms with Crippen LogP contribution in [0.1, 0.15) is 22.4 Å².